The summed E-state index contributed by atoms with van der Waals surface area (Å²) in [6.07, 6.45) is -4.24. The van der Waals surface area contributed by atoms with Gasteiger partial charge in [-0.1, -0.05) is 19.8 Å². The molecule has 5 heteroatoms. The van der Waals surface area contributed by atoms with Crippen molar-refractivity contribution in [3.8, 4) is 0 Å². The van der Waals surface area contributed by atoms with Crippen LogP contribution in [0.4, 0.5) is 22.0 Å². The van der Waals surface area contributed by atoms with E-state index in [0.717, 1.165) is 0 Å². The maximum atomic E-state index is 13.3. The van der Waals surface area contributed by atoms with Gasteiger partial charge in [0.2, 0.25) is 5.67 Å². The van der Waals surface area contributed by atoms with Crippen molar-refractivity contribution >= 4 is 0 Å². The van der Waals surface area contributed by atoms with Crippen LogP contribution >= 0.6 is 0 Å². The molecule has 0 nitrogen and oxygen atoms in total. The highest BCUT2D eigenvalue weighted by molar-refractivity contribution is 4.84. The number of rotatable bonds is 6. The predicted octanol–water partition coefficient (Wildman–Crippen LogP) is 5.22. The first-order valence-corrected chi connectivity index (χ1v) is 5.80. The number of hydrogen-bond donors (Lipinski definition) is 0. The van der Waals surface area contributed by atoms with E-state index in [0.29, 0.717) is 19.8 Å². The third-order valence-corrected chi connectivity index (χ3v) is 2.79. The lowest BCUT2D eigenvalue weighted by molar-refractivity contribution is -0.229. The molecule has 0 aliphatic rings. The number of hydrogen-bond acceptors (Lipinski definition) is 0. The minimum Gasteiger partial charge on any atom is -0.245 e. The molecule has 2 atom stereocenters. The van der Waals surface area contributed by atoms with Gasteiger partial charge in [0.15, 0.2) is 0 Å². The van der Waals surface area contributed by atoms with Crippen molar-refractivity contribution in [2.45, 2.75) is 70.9 Å². The molecule has 2 unspecified atom stereocenters. The van der Waals surface area contributed by atoms with E-state index in [4.69, 9.17) is 0 Å². The van der Waals surface area contributed by atoms with Crippen LogP contribution in [0.5, 0.6) is 0 Å². The molecule has 0 aromatic carbocycles. The maximum absolute atomic E-state index is 13.3. The van der Waals surface area contributed by atoms with E-state index < -0.39 is 29.9 Å². The second-order valence-electron chi connectivity index (χ2n) is 5.62. The van der Waals surface area contributed by atoms with Gasteiger partial charge >= 0.3 is 6.18 Å². The summed E-state index contributed by atoms with van der Waals surface area (Å²) in [7, 11) is 0. The van der Waals surface area contributed by atoms with Crippen LogP contribution in [0.2, 0.25) is 0 Å². The monoisotopic (exact) mass is 260 g/mol. The minimum atomic E-state index is -4.83. The summed E-state index contributed by atoms with van der Waals surface area (Å²) < 4.78 is 63.2. The molecule has 104 valence electrons. The van der Waals surface area contributed by atoms with E-state index in [9.17, 15) is 22.0 Å². The molecule has 0 amide bonds. The van der Waals surface area contributed by atoms with Crippen LogP contribution in [0.3, 0.4) is 0 Å². The van der Waals surface area contributed by atoms with Crippen molar-refractivity contribution in [3.63, 3.8) is 0 Å². The average molecular weight is 260 g/mol. The van der Waals surface area contributed by atoms with Gasteiger partial charge in [-0.3, -0.25) is 0 Å². The first-order valence-electron chi connectivity index (χ1n) is 5.80. The molecule has 0 N–H and O–H groups in total. The van der Waals surface area contributed by atoms with Crippen molar-refractivity contribution in [1.82, 2.24) is 0 Å². The zero-order chi connectivity index (χ0) is 13.9. The largest absolute Gasteiger partial charge is 0.422 e. The molecular formula is C12H21F5. The average Bonchev–Trinajstić information content (AvgIpc) is 1.97. The Labute approximate surface area is 99.6 Å². The quantitative estimate of drug-likeness (QED) is 0.574. The van der Waals surface area contributed by atoms with Gasteiger partial charge in [0.1, 0.15) is 5.67 Å². The van der Waals surface area contributed by atoms with Gasteiger partial charge in [0.25, 0.3) is 0 Å². The van der Waals surface area contributed by atoms with E-state index in [-0.39, 0.29) is 6.42 Å². The Morgan fingerprint density at radius 3 is 1.76 bits per heavy atom. The molecule has 0 fully saturated rings. The second-order valence-corrected chi connectivity index (χ2v) is 5.62. The van der Waals surface area contributed by atoms with E-state index in [1.807, 2.05) is 0 Å². The fourth-order valence-corrected chi connectivity index (χ4v) is 1.74. The molecule has 0 aromatic rings. The zero-order valence-electron chi connectivity index (χ0n) is 10.8. The van der Waals surface area contributed by atoms with Crippen LogP contribution in [0.1, 0.15) is 53.4 Å². The topological polar surface area (TPSA) is 0 Å². The van der Waals surface area contributed by atoms with Crippen LogP contribution in [0, 0.1) is 5.92 Å². The third-order valence-electron chi connectivity index (χ3n) is 2.79. The van der Waals surface area contributed by atoms with Gasteiger partial charge in [-0.25, -0.2) is 8.78 Å². The van der Waals surface area contributed by atoms with Crippen LogP contribution in [0.25, 0.3) is 0 Å². The van der Waals surface area contributed by atoms with Crippen molar-refractivity contribution < 1.29 is 22.0 Å². The van der Waals surface area contributed by atoms with Gasteiger partial charge in [0, 0.05) is 0 Å². The fraction of sp³-hybridized carbons (Fsp3) is 1.00. The summed E-state index contributed by atoms with van der Waals surface area (Å²) in [5.41, 5.74) is -4.47. The van der Waals surface area contributed by atoms with Gasteiger partial charge < -0.3 is 0 Å². The van der Waals surface area contributed by atoms with Crippen molar-refractivity contribution in [3.05, 3.63) is 0 Å². The Hall–Kier alpha value is -0.350. The van der Waals surface area contributed by atoms with Crippen molar-refractivity contribution in [2.24, 2.45) is 5.92 Å². The smallest absolute Gasteiger partial charge is 0.245 e. The highest BCUT2D eigenvalue weighted by Crippen LogP contribution is 2.39. The summed E-state index contributed by atoms with van der Waals surface area (Å²) in [5.74, 6) is -0.408. The van der Waals surface area contributed by atoms with E-state index in [1.54, 1.807) is 6.92 Å². The third kappa shape index (κ3) is 6.84. The van der Waals surface area contributed by atoms with Gasteiger partial charge in [-0.2, -0.15) is 13.2 Å². The Bertz CT molecular complexity index is 224. The number of halogens is 5. The Morgan fingerprint density at radius 2 is 1.41 bits per heavy atom. The van der Waals surface area contributed by atoms with Crippen molar-refractivity contribution in [2.75, 3.05) is 0 Å². The molecule has 0 radical (unpaired) electrons. The summed E-state index contributed by atoms with van der Waals surface area (Å²) in [5, 5.41) is 0. The van der Waals surface area contributed by atoms with Gasteiger partial charge in [-0.05, 0) is 39.5 Å². The molecule has 0 saturated heterocycles. The second kappa shape index (κ2) is 5.53. The summed E-state index contributed by atoms with van der Waals surface area (Å²) >= 11 is 0. The van der Waals surface area contributed by atoms with E-state index in [1.165, 1.54) is 13.8 Å². The molecule has 17 heavy (non-hydrogen) atoms. The fourth-order valence-electron chi connectivity index (χ4n) is 1.74. The highest BCUT2D eigenvalue weighted by Gasteiger charge is 2.52. The van der Waals surface area contributed by atoms with E-state index in [2.05, 4.69) is 0 Å². The Morgan fingerprint density at radius 1 is 0.941 bits per heavy atom. The summed E-state index contributed by atoms with van der Waals surface area (Å²) in [6, 6.07) is 0. The van der Waals surface area contributed by atoms with Gasteiger partial charge in [-0.15, -0.1) is 0 Å². The molecule has 0 rings (SSSR count). The lowest BCUT2D eigenvalue weighted by Gasteiger charge is -2.27. The summed E-state index contributed by atoms with van der Waals surface area (Å²) in [4.78, 5) is 0. The van der Waals surface area contributed by atoms with Crippen LogP contribution in [-0.4, -0.2) is 17.5 Å². The first kappa shape index (κ1) is 16.6. The van der Waals surface area contributed by atoms with Crippen LogP contribution in [0.15, 0.2) is 0 Å². The molecule has 0 aromatic heterocycles. The molecule has 0 aliphatic heterocycles. The minimum absolute atomic E-state index is 0.284. The maximum Gasteiger partial charge on any atom is 0.422 e. The lowest BCUT2D eigenvalue weighted by Crippen LogP contribution is -2.39. The number of alkyl halides is 5. The van der Waals surface area contributed by atoms with Crippen LogP contribution < -0.4 is 0 Å². The summed E-state index contributed by atoms with van der Waals surface area (Å²) in [6.45, 7) is 4.97. The van der Waals surface area contributed by atoms with E-state index >= 15 is 0 Å². The Kier molecular flexibility index (Phi) is 5.41. The zero-order valence-corrected chi connectivity index (χ0v) is 10.8. The molecule has 0 aliphatic carbocycles. The van der Waals surface area contributed by atoms with Crippen LogP contribution in [-0.2, 0) is 0 Å². The molecule has 0 saturated carbocycles. The highest BCUT2D eigenvalue weighted by atomic mass is 19.4. The normalized spacial score (nSPS) is 18.9. The predicted molar refractivity (Wildman–Crippen MR) is 58.4 cm³/mol. The van der Waals surface area contributed by atoms with Crippen molar-refractivity contribution in [1.29, 1.82) is 0 Å². The molecular weight excluding hydrogens is 239 g/mol. The SMILES string of the molecule is CC(CCCC(C)(C)F)CC(C)(F)C(F)(F)F. The molecule has 0 heterocycles. The van der Waals surface area contributed by atoms with Gasteiger partial charge in [0.05, 0.1) is 0 Å². The Balaban J connectivity index is 4.07. The molecule has 0 bridgehead atoms. The lowest BCUT2D eigenvalue weighted by atomic mass is 9.89. The standard InChI is InChI=1S/C12H21F5/c1-9(6-5-7-10(2,3)13)8-11(4,14)12(15,16)17/h9H,5-8H2,1-4H3. The first-order chi connectivity index (χ1) is 7.35. The molecule has 0 spiro atoms.